The molecule has 0 radical (unpaired) electrons. The lowest BCUT2D eigenvalue weighted by Gasteiger charge is -1.96. The SMILES string of the molecule is Cc1cncn2c(C)cnc12. The number of imidazole rings is 1. The van der Waals surface area contributed by atoms with Crippen LogP contribution in [0.15, 0.2) is 18.7 Å². The normalized spacial score (nSPS) is 10.7. The van der Waals surface area contributed by atoms with E-state index in [1.165, 1.54) is 0 Å². The van der Waals surface area contributed by atoms with E-state index in [1.807, 2.05) is 30.6 Å². The maximum absolute atomic E-state index is 4.24. The van der Waals surface area contributed by atoms with Gasteiger partial charge in [0.2, 0.25) is 0 Å². The molecular weight excluding hydrogens is 138 g/mol. The smallest absolute Gasteiger partial charge is 0.142 e. The maximum Gasteiger partial charge on any atom is 0.142 e. The Labute approximate surface area is 64.7 Å². The zero-order valence-corrected chi connectivity index (χ0v) is 6.57. The van der Waals surface area contributed by atoms with Crippen LogP contribution in [0.5, 0.6) is 0 Å². The third-order valence-electron chi connectivity index (χ3n) is 1.78. The van der Waals surface area contributed by atoms with E-state index in [2.05, 4.69) is 9.97 Å². The van der Waals surface area contributed by atoms with Gasteiger partial charge in [-0.25, -0.2) is 9.97 Å². The third kappa shape index (κ3) is 0.808. The van der Waals surface area contributed by atoms with Gasteiger partial charge in [-0.2, -0.15) is 0 Å². The molecule has 0 saturated carbocycles. The first-order valence-electron chi connectivity index (χ1n) is 3.53. The summed E-state index contributed by atoms with van der Waals surface area (Å²) in [7, 11) is 0. The van der Waals surface area contributed by atoms with E-state index in [9.17, 15) is 0 Å². The molecule has 0 aliphatic heterocycles. The van der Waals surface area contributed by atoms with Gasteiger partial charge in [0.25, 0.3) is 0 Å². The van der Waals surface area contributed by atoms with Crippen LogP contribution in [0.2, 0.25) is 0 Å². The van der Waals surface area contributed by atoms with Crippen LogP contribution >= 0.6 is 0 Å². The van der Waals surface area contributed by atoms with Gasteiger partial charge >= 0.3 is 0 Å². The number of hydrogen-bond donors (Lipinski definition) is 0. The fourth-order valence-electron chi connectivity index (χ4n) is 1.15. The zero-order chi connectivity index (χ0) is 7.84. The van der Waals surface area contributed by atoms with Crippen LogP contribution in [0, 0.1) is 13.8 Å². The summed E-state index contributed by atoms with van der Waals surface area (Å²) in [6, 6.07) is 0. The van der Waals surface area contributed by atoms with Crippen LogP contribution in [0.25, 0.3) is 5.65 Å². The second kappa shape index (κ2) is 2.05. The van der Waals surface area contributed by atoms with E-state index in [4.69, 9.17) is 0 Å². The lowest BCUT2D eigenvalue weighted by Crippen LogP contribution is -1.90. The van der Waals surface area contributed by atoms with Crippen molar-refractivity contribution in [1.29, 1.82) is 0 Å². The summed E-state index contributed by atoms with van der Waals surface area (Å²) in [4.78, 5) is 8.31. The van der Waals surface area contributed by atoms with Crippen molar-refractivity contribution < 1.29 is 0 Å². The predicted molar refractivity (Wildman–Crippen MR) is 42.5 cm³/mol. The van der Waals surface area contributed by atoms with Crippen molar-refractivity contribution in [2.45, 2.75) is 13.8 Å². The van der Waals surface area contributed by atoms with Gasteiger partial charge in [-0.15, -0.1) is 0 Å². The van der Waals surface area contributed by atoms with Gasteiger partial charge < -0.3 is 0 Å². The van der Waals surface area contributed by atoms with Crippen molar-refractivity contribution in [1.82, 2.24) is 14.4 Å². The summed E-state index contributed by atoms with van der Waals surface area (Å²) < 4.78 is 1.98. The van der Waals surface area contributed by atoms with Gasteiger partial charge in [-0.05, 0) is 13.8 Å². The van der Waals surface area contributed by atoms with Gasteiger partial charge in [0.1, 0.15) is 12.0 Å². The molecule has 0 atom stereocenters. The highest BCUT2D eigenvalue weighted by Gasteiger charge is 1.99. The Hall–Kier alpha value is -1.38. The van der Waals surface area contributed by atoms with Crippen molar-refractivity contribution >= 4 is 5.65 Å². The second-order valence-electron chi connectivity index (χ2n) is 2.67. The summed E-state index contributed by atoms with van der Waals surface area (Å²) in [5.74, 6) is 0. The molecule has 0 aliphatic carbocycles. The van der Waals surface area contributed by atoms with Gasteiger partial charge in [0.05, 0.1) is 0 Å². The lowest BCUT2D eigenvalue weighted by molar-refractivity contribution is 1.02. The number of hydrogen-bond acceptors (Lipinski definition) is 2. The number of nitrogens with zero attached hydrogens (tertiary/aromatic N) is 3. The Morgan fingerprint density at radius 2 is 2.09 bits per heavy atom. The first kappa shape index (κ1) is 6.34. The molecule has 0 aromatic carbocycles. The van der Waals surface area contributed by atoms with Crippen molar-refractivity contribution in [2.75, 3.05) is 0 Å². The van der Waals surface area contributed by atoms with Crippen molar-refractivity contribution in [3.8, 4) is 0 Å². The minimum Gasteiger partial charge on any atom is -0.287 e. The molecule has 0 saturated heterocycles. The molecule has 0 N–H and O–H groups in total. The number of fused-ring (bicyclic) bond motifs is 1. The molecule has 2 rings (SSSR count). The summed E-state index contributed by atoms with van der Waals surface area (Å²) in [5.41, 5.74) is 3.23. The molecule has 2 aromatic heterocycles. The Kier molecular flexibility index (Phi) is 1.18. The summed E-state index contributed by atoms with van der Waals surface area (Å²) in [6.45, 7) is 4.02. The molecule has 0 aliphatic rings. The van der Waals surface area contributed by atoms with Crippen LogP contribution < -0.4 is 0 Å². The van der Waals surface area contributed by atoms with Crippen LogP contribution in [-0.4, -0.2) is 14.4 Å². The Morgan fingerprint density at radius 3 is 2.82 bits per heavy atom. The van der Waals surface area contributed by atoms with Crippen LogP contribution in [-0.2, 0) is 0 Å². The highest BCUT2D eigenvalue weighted by atomic mass is 15.0. The van der Waals surface area contributed by atoms with Crippen LogP contribution in [0.1, 0.15) is 11.3 Å². The Balaban J connectivity index is 2.94. The topological polar surface area (TPSA) is 30.2 Å². The highest BCUT2D eigenvalue weighted by molar-refractivity contribution is 5.46. The van der Waals surface area contributed by atoms with E-state index >= 15 is 0 Å². The molecule has 0 unspecified atom stereocenters. The summed E-state index contributed by atoms with van der Waals surface area (Å²) in [6.07, 6.45) is 5.45. The minimum atomic E-state index is 0.998. The third-order valence-corrected chi connectivity index (χ3v) is 1.78. The monoisotopic (exact) mass is 147 g/mol. The van der Waals surface area contributed by atoms with Gasteiger partial charge in [-0.3, -0.25) is 4.40 Å². The van der Waals surface area contributed by atoms with E-state index < -0.39 is 0 Å². The molecule has 2 aromatic rings. The first-order valence-corrected chi connectivity index (χ1v) is 3.53. The standard InChI is InChI=1S/C8H9N3/c1-6-3-9-5-11-7(2)4-10-8(6)11/h3-5H,1-2H3. The average molecular weight is 147 g/mol. The fourth-order valence-corrected chi connectivity index (χ4v) is 1.15. The largest absolute Gasteiger partial charge is 0.287 e. The molecule has 3 nitrogen and oxygen atoms in total. The molecule has 0 bridgehead atoms. The highest BCUT2D eigenvalue weighted by Crippen LogP contribution is 2.07. The predicted octanol–water partition coefficient (Wildman–Crippen LogP) is 1.35. The zero-order valence-electron chi connectivity index (χ0n) is 6.57. The average Bonchev–Trinajstić information content (AvgIpc) is 2.35. The van der Waals surface area contributed by atoms with E-state index in [-0.39, 0.29) is 0 Å². The fraction of sp³-hybridized carbons (Fsp3) is 0.250. The van der Waals surface area contributed by atoms with E-state index in [0.717, 1.165) is 16.9 Å². The van der Waals surface area contributed by atoms with Gasteiger partial charge in [-0.1, -0.05) is 0 Å². The van der Waals surface area contributed by atoms with E-state index in [1.54, 1.807) is 6.33 Å². The Bertz CT molecular complexity index is 389. The van der Waals surface area contributed by atoms with E-state index in [0.29, 0.717) is 0 Å². The quantitative estimate of drug-likeness (QED) is 0.563. The molecule has 0 amide bonds. The molecular formula is C8H9N3. The van der Waals surface area contributed by atoms with Crippen LogP contribution in [0.4, 0.5) is 0 Å². The summed E-state index contributed by atoms with van der Waals surface area (Å²) >= 11 is 0. The molecule has 3 heteroatoms. The van der Waals surface area contributed by atoms with Crippen LogP contribution in [0.3, 0.4) is 0 Å². The maximum atomic E-state index is 4.24. The minimum absolute atomic E-state index is 0.998. The second-order valence-corrected chi connectivity index (χ2v) is 2.67. The summed E-state index contributed by atoms with van der Waals surface area (Å²) in [5, 5.41) is 0. The van der Waals surface area contributed by atoms with Crippen molar-refractivity contribution in [3.63, 3.8) is 0 Å². The molecule has 2 heterocycles. The first-order chi connectivity index (χ1) is 5.29. The van der Waals surface area contributed by atoms with Crippen molar-refractivity contribution in [2.24, 2.45) is 0 Å². The molecule has 11 heavy (non-hydrogen) atoms. The van der Waals surface area contributed by atoms with Gasteiger partial charge in [0, 0.05) is 23.7 Å². The number of rotatable bonds is 0. The molecule has 56 valence electrons. The van der Waals surface area contributed by atoms with Gasteiger partial charge in [0.15, 0.2) is 0 Å². The number of aromatic nitrogens is 3. The lowest BCUT2D eigenvalue weighted by atomic mass is 10.4. The molecule has 0 spiro atoms. The van der Waals surface area contributed by atoms with Crippen molar-refractivity contribution in [3.05, 3.63) is 30.0 Å². The number of aryl methyl sites for hydroxylation is 2. The molecule has 0 fully saturated rings. The Morgan fingerprint density at radius 1 is 1.27 bits per heavy atom.